The largest absolute Gasteiger partial charge is 0.454 e. The normalized spacial score (nSPS) is 13.3. The molecule has 2 aromatic carbocycles. The third-order valence-electron chi connectivity index (χ3n) is 3.96. The first kappa shape index (κ1) is 16.0. The van der Waals surface area contributed by atoms with Crippen LogP contribution in [-0.4, -0.2) is 17.9 Å². The van der Waals surface area contributed by atoms with Crippen LogP contribution in [0.15, 0.2) is 59.1 Å². The van der Waals surface area contributed by atoms with Crippen molar-refractivity contribution in [3.8, 4) is 11.5 Å². The highest BCUT2D eigenvalue weighted by Gasteiger charge is 2.23. The van der Waals surface area contributed by atoms with Crippen molar-refractivity contribution in [3.05, 3.63) is 65.9 Å². The van der Waals surface area contributed by atoms with Gasteiger partial charge in [0.25, 0.3) is 5.91 Å². The van der Waals surface area contributed by atoms with Crippen LogP contribution in [0.5, 0.6) is 11.5 Å². The molecule has 1 unspecified atom stereocenters. The number of aryl methyl sites for hydroxylation is 1. The van der Waals surface area contributed by atoms with Crippen LogP contribution in [0.2, 0.25) is 0 Å². The molecular formula is C19H17N3O4. The van der Waals surface area contributed by atoms with Crippen molar-refractivity contribution in [2.24, 2.45) is 0 Å². The van der Waals surface area contributed by atoms with Gasteiger partial charge in [-0.05, 0) is 24.6 Å². The molecule has 132 valence electrons. The average Bonchev–Trinajstić information content (AvgIpc) is 3.28. The lowest BCUT2D eigenvalue weighted by Crippen LogP contribution is -2.27. The third-order valence-corrected chi connectivity index (χ3v) is 3.96. The summed E-state index contributed by atoms with van der Waals surface area (Å²) in [6.45, 7) is 1.97. The lowest BCUT2D eigenvalue weighted by molar-refractivity contribution is -0.117. The molecule has 1 aliphatic rings. The number of hydrogen-bond acceptors (Lipinski definition) is 6. The maximum absolute atomic E-state index is 12.8. The van der Waals surface area contributed by atoms with Gasteiger partial charge in [0.15, 0.2) is 17.3 Å². The second kappa shape index (κ2) is 6.79. The Morgan fingerprint density at radius 2 is 1.88 bits per heavy atom. The summed E-state index contributed by atoms with van der Waals surface area (Å²) in [5.74, 6) is 2.09. The van der Waals surface area contributed by atoms with E-state index in [0.29, 0.717) is 23.1 Å². The van der Waals surface area contributed by atoms with Crippen molar-refractivity contribution in [1.82, 2.24) is 5.16 Å². The first-order chi connectivity index (χ1) is 12.7. The van der Waals surface area contributed by atoms with Crippen molar-refractivity contribution >= 4 is 17.4 Å². The van der Waals surface area contributed by atoms with E-state index in [1.807, 2.05) is 48.5 Å². The van der Waals surface area contributed by atoms with Crippen LogP contribution in [0.3, 0.4) is 0 Å². The van der Waals surface area contributed by atoms with Crippen LogP contribution in [0, 0.1) is 6.92 Å². The van der Waals surface area contributed by atoms with Gasteiger partial charge in [-0.25, -0.2) is 0 Å². The molecule has 7 nitrogen and oxygen atoms in total. The maximum Gasteiger partial charge on any atom is 0.252 e. The molecule has 0 saturated carbocycles. The van der Waals surface area contributed by atoms with E-state index in [1.54, 1.807) is 13.0 Å². The number of amides is 1. The summed E-state index contributed by atoms with van der Waals surface area (Å²) in [5.41, 5.74) is 1.57. The lowest BCUT2D eigenvalue weighted by atomic mass is 10.1. The monoisotopic (exact) mass is 351 g/mol. The fourth-order valence-electron chi connectivity index (χ4n) is 2.72. The quantitative estimate of drug-likeness (QED) is 0.732. The van der Waals surface area contributed by atoms with E-state index in [9.17, 15) is 4.79 Å². The first-order valence-corrected chi connectivity index (χ1v) is 8.14. The number of ether oxygens (including phenoxy) is 2. The maximum atomic E-state index is 12.8. The molecule has 0 fully saturated rings. The van der Waals surface area contributed by atoms with E-state index in [0.717, 1.165) is 11.3 Å². The summed E-state index contributed by atoms with van der Waals surface area (Å²) in [4.78, 5) is 12.8. The van der Waals surface area contributed by atoms with Gasteiger partial charge in [-0.2, -0.15) is 0 Å². The summed E-state index contributed by atoms with van der Waals surface area (Å²) >= 11 is 0. The number of nitrogens with zero attached hydrogens (tertiary/aromatic N) is 1. The fraction of sp³-hybridized carbons (Fsp3) is 0.158. The van der Waals surface area contributed by atoms with Crippen LogP contribution in [0.1, 0.15) is 17.4 Å². The van der Waals surface area contributed by atoms with Crippen molar-refractivity contribution in [2.75, 3.05) is 17.4 Å². The van der Waals surface area contributed by atoms with Crippen molar-refractivity contribution in [1.29, 1.82) is 0 Å². The van der Waals surface area contributed by atoms with Crippen LogP contribution in [0.4, 0.5) is 11.5 Å². The number of rotatable bonds is 5. The Bertz CT molecular complexity index is 924. The Morgan fingerprint density at radius 1 is 1.08 bits per heavy atom. The minimum absolute atomic E-state index is 0.201. The molecule has 0 saturated heterocycles. The molecule has 7 heteroatoms. The van der Waals surface area contributed by atoms with Crippen LogP contribution < -0.4 is 20.1 Å². The molecule has 1 aromatic heterocycles. The summed E-state index contributed by atoms with van der Waals surface area (Å²) < 4.78 is 15.7. The molecule has 26 heavy (non-hydrogen) atoms. The van der Waals surface area contributed by atoms with Gasteiger partial charge in [0.1, 0.15) is 11.8 Å². The molecule has 4 rings (SSSR count). The number of carbonyl (C=O) groups excluding carboxylic acids is 1. The molecule has 2 N–H and O–H groups in total. The van der Waals surface area contributed by atoms with Gasteiger partial charge in [0.2, 0.25) is 6.79 Å². The van der Waals surface area contributed by atoms with Gasteiger partial charge >= 0.3 is 0 Å². The van der Waals surface area contributed by atoms with Crippen LogP contribution in [0.25, 0.3) is 0 Å². The van der Waals surface area contributed by atoms with E-state index in [2.05, 4.69) is 15.8 Å². The topological polar surface area (TPSA) is 85.6 Å². The zero-order valence-electron chi connectivity index (χ0n) is 14.1. The molecule has 1 aliphatic heterocycles. The summed E-state index contributed by atoms with van der Waals surface area (Å²) in [6.07, 6.45) is 0. The zero-order chi connectivity index (χ0) is 17.9. The highest BCUT2D eigenvalue weighted by atomic mass is 16.7. The van der Waals surface area contributed by atoms with Gasteiger partial charge in [0.05, 0.1) is 0 Å². The predicted molar refractivity (Wildman–Crippen MR) is 95.2 cm³/mol. The first-order valence-electron chi connectivity index (χ1n) is 8.14. The number of nitrogens with one attached hydrogen (secondary N) is 2. The van der Waals surface area contributed by atoms with Gasteiger partial charge in [0, 0.05) is 17.8 Å². The average molecular weight is 351 g/mol. The van der Waals surface area contributed by atoms with E-state index < -0.39 is 6.04 Å². The Balaban J connectivity index is 1.59. The van der Waals surface area contributed by atoms with Crippen LogP contribution >= 0.6 is 0 Å². The highest BCUT2D eigenvalue weighted by molar-refractivity contribution is 5.96. The second-order valence-corrected chi connectivity index (χ2v) is 5.87. The second-order valence-electron chi connectivity index (χ2n) is 5.87. The summed E-state index contributed by atoms with van der Waals surface area (Å²) in [7, 11) is 0. The Labute approximate surface area is 149 Å². The van der Waals surface area contributed by atoms with E-state index >= 15 is 0 Å². The zero-order valence-corrected chi connectivity index (χ0v) is 14.1. The van der Waals surface area contributed by atoms with Crippen molar-refractivity contribution in [3.63, 3.8) is 0 Å². The Kier molecular flexibility index (Phi) is 4.18. The number of aromatic nitrogens is 1. The molecule has 1 amide bonds. The number of fused-ring (bicyclic) bond motifs is 1. The van der Waals surface area contributed by atoms with Gasteiger partial charge in [-0.3, -0.25) is 4.79 Å². The number of anilines is 2. The smallest absolute Gasteiger partial charge is 0.252 e. The van der Waals surface area contributed by atoms with Gasteiger partial charge in [-0.15, -0.1) is 0 Å². The van der Waals surface area contributed by atoms with E-state index in [1.165, 1.54) is 0 Å². The molecule has 3 aromatic rings. The predicted octanol–water partition coefficient (Wildman–Crippen LogP) is 3.50. The molecule has 0 bridgehead atoms. The minimum Gasteiger partial charge on any atom is -0.454 e. The third kappa shape index (κ3) is 3.32. The summed E-state index contributed by atoms with van der Waals surface area (Å²) in [5, 5.41) is 9.83. The summed E-state index contributed by atoms with van der Waals surface area (Å²) in [6, 6.07) is 16.0. The standard InChI is InChI=1S/C19H17N3O4/c1-12-9-17(22-26-12)21-19(23)18(13-5-3-2-4-6-13)20-14-7-8-15-16(10-14)25-11-24-15/h2-10,18,20H,11H2,1H3,(H,21,22,23). The molecular weight excluding hydrogens is 334 g/mol. The fourth-order valence-corrected chi connectivity index (χ4v) is 2.72. The lowest BCUT2D eigenvalue weighted by Gasteiger charge is -2.19. The minimum atomic E-state index is -0.617. The Hall–Kier alpha value is -3.48. The molecule has 1 atom stereocenters. The molecule has 0 aliphatic carbocycles. The molecule has 0 radical (unpaired) electrons. The number of carbonyl (C=O) groups is 1. The van der Waals surface area contributed by atoms with Crippen molar-refractivity contribution < 1.29 is 18.8 Å². The van der Waals surface area contributed by atoms with E-state index in [4.69, 9.17) is 14.0 Å². The Morgan fingerprint density at radius 3 is 2.65 bits per heavy atom. The molecule has 2 heterocycles. The highest BCUT2D eigenvalue weighted by Crippen LogP contribution is 2.35. The number of hydrogen-bond donors (Lipinski definition) is 2. The van der Waals surface area contributed by atoms with E-state index in [-0.39, 0.29) is 12.7 Å². The molecule has 0 spiro atoms. The van der Waals surface area contributed by atoms with Crippen LogP contribution in [-0.2, 0) is 4.79 Å². The van der Waals surface area contributed by atoms with Gasteiger partial charge in [-0.1, -0.05) is 35.5 Å². The SMILES string of the molecule is Cc1cc(NC(=O)C(Nc2ccc3c(c2)OCO3)c2ccccc2)no1. The number of benzene rings is 2. The van der Waals surface area contributed by atoms with Gasteiger partial charge < -0.3 is 24.6 Å². The van der Waals surface area contributed by atoms with Crippen molar-refractivity contribution in [2.45, 2.75) is 13.0 Å².